The molecule has 1 aliphatic rings. The van der Waals surface area contributed by atoms with Crippen molar-refractivity contribution in [1.82, 2.24) is 19.8 Å². The Balaban J connectivity index is 1.59. The number of aromatic nitrogens is 2. The third-order valence-electron chi connectivity index (χ3n) is 7.39. The Labute approximate surface area is 255 Å². The van der Waals surface area contributed by atoms with Crippen LogP contribution in [0.15, 0.2) is 42.7 Å². The number of carbonyl (C=O) groups excluding carboxylic acids is 1. The predicted molar refractivity (Wildman–Crippen MR) is 167 cm³/mol. The van der Waals surface area contributed by atoms with E-state index in [0.29, 0.717) is 31.0 Å². The fraction of sp³-hybridized carbons (Fsp3) is 0.375. The van der Waals surface area contributed by atoms with Crippen LogP contribution >= 0.6 is 0 Å². The van der Waals surface area contributed by atoms with Gasteiger partial charge in [-0.15, -0.1) is 0 Å². The zero-order valence-corrected chi connectivity index (χ0v) is 25.3. The lowest BCUT2D eigenvalue weighted by Gasteiger charge is -2.33. The van der Waals surface area contributed by atoms with E-state index in [-0.39, 0.29) is 46.4 Å². The molecule has 0 unspecified atom stereocenters. The lowest BCUT2D eigenvalue weighted by atomic mass is 9.95. The molecule has 0 atom stereocenters. The molecule has 1 aromatic heterocycles. The lowest BCUT2D eigenvalue weighted by Crippen LogP contribution is -2.44. The molecule has 1 amide bonds. The molecule has 1 aliphatic heterocycles. The number of nitrogens with two attached hydrogens (primary N) is 1. The predicted octanol–water partition coefficient (Wildman–Crippen LogP) is 5.05. The van der Waals surface area contributed by atoms with Crippen molar-refractivity contribution in [2.45, 2.75) is 39.4 Å². The first kappa shape index (κ1) is 32.4. The van der Waals surface area contributed by atoms with E-state index in [1.807, 2.05) is 32.7 Å². The van der Waals surface area contributed by atoms with Gasteiger partial charge in [0.05, 0.1) is 11.1 Å². The average Bonchev–Trinajstić information content (AvgIpc) is 2.97. The average molecular weight is 607 g/mol. The number of alkyl halides is 3. The van der Waals surface area contributed by atoms with Gasteiger partial charge in [0, 0.05) is 56.1 Å². The van der Waals surface area contributed by atoms with Gasteiger partial charge in [0.1, 0.15) is 23.7 Å². The van der Waals surface area contributed by atoms with Crippen LogP contribution in [0.1, 0.15) is 64.9 Å². The van der Waals surface area contributed by atoms with Crippen LogP contribution in [0.2, 0.25) is 0 Å². The van der Waals surface area contributed by atoms with E-state index in [1.165, 1.54) is 18.5 Å². The summed E-state index contributed by atoms with van der Waals surface area (Å²) in [5.74, 6) is 5.76. The number of hydrogen-bond acceptors (Lipinski definition) is 8. The van der Waals surface area contributed by atoms with Gasteiger partial charge in [-0.1, -0.05) is 31.9 Å². The minimum atomic E-state index is -4.57. The molecule has 1 saturated heterocycles. The summed E-state index contributed by atoms with van der Waals surface area (Å²) in [6, 6.07) is 8.87. The first-order valence-corrected chi connectivity index (χ1v) is 14.4. The molecular weight excluding hydrogens is 569 g/mol. The van der Waals surface area contributed by atoms with E-state index >= 15 is 0 Å². The summed E-state index contributed by atoms with van der Waals surface area (Å²) in [7, 11) is 1.99. The Morgan fingerprint density at radius 1 is 1.11 bits per heavy atom. The minimum absolute atomic E-state index is 0.0438. The van der Waals surface area contributed by atoms with Gasteiger partial charge in [-0.2, -0.15) is 13.2 Å². The smallest absolute Gasteiger partial charge is 0.383 e. The maximum absolute atomic E-state index is 14.1. The van der Waals surface area contributed by atoms with Crippen LogP contribution in [0.25, 0.3) is 0 Å². The van der Waals surface area contributed by atoms with Crippen LogP contribution in [0.3, 0.4) is 0 Å². The molecule has 5 N–H and O–H groups in total. The molecule has 0 bridgehead atoms. The minimum Gasteiger partial charge on any atom is -0.383 e. The second-order valence-electron chi connectivity index (χ2n) is 11.0. The number of nitrogens with zero attached hydrogens (tertiary/aromatic N) is 4. The number of benzene rings is 2. The standard InChI is InChI=1S/C32H37F3N8O/c1-5-38-30-28(29(37)39-19-40-30)27(36)11-8-21-16-22(7-10-25(21)20(2)3)31(44)41-24-9-6-23(26(17-24)32(33,34)35)18-43-14-12-42(4)13-15-43/h6-7,9-10,16-17,19-20,36H,5,12-15,18H2,1-4H3,(H,41,44)(H3,37,38,39,40). The maximum Gasteiger partial charge on any atom is 0.416 e. The molecule has 2 aromatic carbocycles. The lowest BCUT2D eigenvalue weighted by molar-refractivity contribution is -0.138. The Kier molecular flexibility index (Phi) is 10.2. The zero-order valence-electron chi connectivity index (χ0n) is 25.3. The SMILES string of the molecule is CCNc1ncnc(N)c1C(=N)C#Cc1cc(C(=O)Nc2ccc(CN3CCN(C)CC3)c(C(F)(F)F)c2)ccc1C(C)C. The Bertz CT molecular complexity index is 1580. The van der Waals surface area contributed by atoms with Gasteiger partial charge in [-0.25, -0.2) is 9.97 Å². The van der Waals surface area contributed by atoms with E-state index in [2.05, 4.69) is 37.3 Å². The number of likely N-dealkylation sites (N-methyl/N-ethyl adjacent to an activating group) is 1. The van der Waals surface area contributed by atoms with Crippen LogP contribution in [0.4, 0.5) is 30.5 Å². The summed E-state index contributed by atoms with van der Waals surface area (Å²) < 4.78 is 42.2. The number of nitrogens with one attached hydrogen (secondary N) is 3. The molecule has 44 heavy (non-hydrogen) atoms. The van der Waals surface area contributed by atoms with Crippen molar-refractivity contribution in [3.05, 3.63) is 76.1 Å². The number of nitrogen functional groups attached to an aromatic ring is 1. The van der Waals surface area contributed by atoms with Gasteiger partial charge in [0.15, 0.2) is 0 Å². The highest BCUT2D eigenvalue weighted by molar-refractivity contribution is 6.16. The van der Waals surface area contributed by atoms with E-state index in [4.69, 9.17) is 11.1 Å². The molecule has 232 valence electrons. The monoisotopic (exact) mass is 606 g/mol. The molecule has 0 spiro atoms. The van der Waals surface area contributed by atoms with E-state index in [9.17, 15) is 18.0 Å². The Morgan fingerprint density at radius 3 is 2.50 bits per heavy atom. The molecule has 12 heteroatoms. The Morgan fingerprint density at radius 2 is 1.84 bits per heavy atom. The molecule has 2 heterocycles. The number of amides is 1. The number of piperazine rings is 1. The van der Waals surface area contributed by atoms with Crippen molar-refractivity contribution >= 4 is 28.9 Å². The summed E-state index contributed by atoms with van der Waals surface area (Å²) in [5, 5.41) is 14.2. The fourth-order valence-corrected chi connectivity index (χ4v) is 4.95. The van der Waals surface area contributed by atoms with Gasteiger partial charge < -0.3 is 21.3 Å². The summed E-state index contributed by atoms with van der Waals surface area (Å²) in [4.78, 5) is 25.5. The summed E-state index contributed by atoms with van der Waals surface area (Å²) in [5.41, 5.74) is 7.21. The first-order valence-electron chi connectivity index (χ1n) is 14.4. The highest BCUT2D eigenvalue weighted by Gasteiger charge is 2.34. The maximum atomic E-state index is 14.1. The van der Waals surface area contributed by atoms with Crippen molar-refractivity contribution in [3.8, 4) is 11.8 Å². The molecular formula is C32H37F3N8O. The van der Waals surface area contributed by atoms with E-state index in [0.717, 1.165) is 24.7 Å². The van der Waals surface area contributed by atoms with Crippen molar-refractivity contribution < 1.29 is 18.0 Å². The molecule has 4 rings (SSSR count). The third kappa shape index (κ3) is 7.92. The van der Waals surface area contributed by atoms with Gasteiger partial charge in [0.25, 0.3) is 5.91 Å². The van der Waals surface area contributed by atoms with Crippen molar-refractivity contribution in [1.29, 1.82) is 5.41 Å². The van der Waals surface area contributed by atoms with Crippen LogP contribution in [-0.2, 0) is 12.7 Å². The van der Waals surface area contributed by atoms with Crippen molar-refractivity contribution in [2.75, 3.05) is 56.1 Å². The molecule has 0 radical (unpaired) electrons. The van der Waals surface area contributed by atoms with Crippen LogP contribution in [0, 0.1) is 17.3 Å². The van der Waals surface area contributed by atoms with Crippen LogP contribution < -0.4 is 16.4 Å². The first-order chi connectivity index (χ1) is 20.9. The highest BCUT2D eigenvalue weighted by atomic mass is 19.4. The number of halogens is 3. The number of anilines is 3. The number of carbonyl (C=O) groups is 1. The number of rotatable bonds is 8. The van der Waals surface area contributed by atoms with Gasteiger partial charge in [-0.3, -0.25) is 15.1 Å². The second-order valence-corrected chi connectivity index (χ2v) is 11.0. The summed E-state index contributed by atoms with van der Waals surface area (Å²) >= 11 is 0. The zero-order chi connectivity index (χ0) is 32.0. The quantitative estimate of drug-likeness (QED) is 0.209. The Hall–Kier alpha value is -4.47. The third-order valence-corrected chi connectivity index (χ3v) is 7.39. The van der Waals surface area contributed by atoms with Gasteiger partial charge in [-0.05, 0) is 61.2 Å². The van der Waals surface area contributed by atoms with Crippen LogP contribution in [-0.4, -0.2) is 71.2 Å². The summed E-state index contributed by atoms with van der Waals surface area (Å²) in [6.07, 6.45) is -3.27. The molecule has 0 aliphatic carbocycles. The topological polar surface area (TPSA) is 123 Å². The van der Waals surface area contributed by atoms with Crippen molar-refractivity contribution in [3.63, 3.8) is 0 Å². The van der Waals surface area contributed by atoms with E-state index in [1.54, 1.807) is 18.2 Å². The largest absolute Gasteiger partial charge is 0.416 e. The molecule has 1 fully saturated rings. The summed E-state index contributed by atoms with van der Waals surface area (Å²) in [6.45, 7) is 9.54. The normalized spacial score (nSPS) is 14.2. The second kappa shape index (κ2) is 13.9. The fourth-order valence-electron chi connectivity index (χ4n) is 4.95. The molecule has 3 aromatic rings. The number of hydrogen-bond donors (Lipinski definition) is 4. The van der Waals surface area contributed by atoms with Crippen LogP contribution in [0.5, 0.6) is 0 Å². The van der Waals surface area contributed by atoms with E-state index < -0.39 is 17.6 Å². The van der Waals surface area contributed by atoms with Gasteiger partial charge >= 0.3 is 6.18 Å². The van der Waals surface area contributed by atoms with Crippen molar-refractivity contribution in [2.24, 2.45) is 0 Å². The highest BCUT2D eigenvalue weighted by Crippen LogP contribution is 2.35. The molecule has 9 nitrogen and oxygen atoms in total. The van der Waals surface area contributed by atoms with Gasteiger partial charge in [0.2, 0.25) is 0 Å². The molecule has 0 saturated carbocycles.